The van der Waals surface area contributed by atoms with E-state index in [1.54, 1.807) is 6.07 Å². The van der Waals surface area contributed by atoms with Crippen LogP contribution in [-0.2, 0) is 6.54 Å². The SMILES string of the molecule is CCOc1ccc(OCCn2ccc(=O)c3ccccc32)cc1. The van der Waals surface area contributed by atoms with Crippen LogP contribution >= 0.6 is 0 Å². The van der Waals surface area contributed by atoms with Crippen LogP contribution in [0.1, 0.15) is 6.92 Å². The zero-order valence-corrected chi connectivity index (χ0v) is 13.1. The Morgan fingerprint density at radius 3 is 2.35 bits per heavy atom. The lowest BCUT2D eigenvalue weighted by atomic mass is 10.2. The highest BCUT2D eigenvalue weighted by Crippen LogP contribution is 2.17. The summed E-state index contributed by atoms with van der Waals surface area (Å²) in [6.07, 6.45) is 1.81. The van der Waals surface area contributed by atoms with Gasteiger partial charge in [0, 0.05) is 17.6 Å². The van der Waals surface area contributed by atoms with Crippen LogP contribution in [0, 0.1) is 0 Å². The summed E-state index contributed by atoms with van der Waals surface area (Å²) in [5, 5.41) is 0.732. The minimum Gasteiger partial charge on any atom is -0.494 e. The number of rotatable bonds is 6. The summed E-state index contributed by atoms with van der Waals surface area (Å²) in [5.74, 6) is 1.64. The monoisotopic (exact) mass is 309 g/mol. The van der Waals surface area contributed by atoms with Crippen LogP contribution in [0.25, 0.3) is 10.9 Å². The van der Waals surface area contributed by atoms with E-state index >= 15 is 0 Å². The predicted octanol–water partition coefficient (Wildman–Crippen LogP) is 3.48. The van der Waals surface area contributed by atoms with E-state index < -0.39 is 0 Å². The van der Waals surface area contributed by atoms with Crippen LogP contribution in [0.2, 0.25) is 0 Å². The molecular weight excluding hydrogens is 290 g/mol. The van der Waals surface area contributed by atoms with Crippen molar-refractivity contribution in [2.45, 2.75) is 13.5 Å². The average Bonchev–Trinajstić information content (AvgIpc) is 2.59. The molecule has 4 nitrogen and oxygen atoms in total. The van der Waals surface area contributed by atoms with Gasteiger partial charge in [0.25, 0.3) is 0 Å². The van der Waals surface area contributed by atoms with Gasteiger partial charge in [0.1, 0.15) is 18.1 Å². The second-order valence-corrected chi connectivity index (χ2v) is 5.14. The molecule has 1 heterocycles. The van der Waals surface area contributed by atoms with Gasteiger partial charge in [0.2, 0.25) is 0 Å². The van der Waals surface area contributed by atoms with E-state index in [9.17, 15) is 4.79 Å². The Balaban J connectivity index is 1.67. The van der Waals surface area contributed by atoms with Gasteiger partial charge in [-0.25, -0.2) is 0 Å². The lowest BCUT2D eigenvalue weighted by Crippen LogP contribution is -2.12. The van der Waals surface area contributed by atoms with Crippen LogP contribution in [0.3, 0.4) is 0 Å². The van der Waals surface area contributed by atoms with E-state index in [2.05, 4.69) is 0 Å². The summed E-state index contributed by atoms with van der Waals surface area (Å²) < 4.78 is 13.2. The van der Waals surface area contributed by atoms with Crippen molar-refractivity contribution < 1.29 is 9.47 Å². The smallest absolute Gasteiger partial charge is 0.189 e. The molecule has 0 fully saturated rings. The van der Waals surface area contributed by atoms with Crippen LogP contribution < -0.4 is 14.9 Å². The molecule has 4 heteroatoms. The fourth-order valence-electron chi connectivity index (χ4n) is 2.52. The summed E-state index contributed by atoms with van der Waals surface area (Å²) in [6.45, 7) is 3.81. The molecule has 0 N–H and O–H groups in total. The Bertz CT molecular complexity index is 837. The molecule has 3 aromatic rings. The highest BCUT2D eigenvalue weighted by Gasteiger charge is 2.02. The molecule has 118 valence electrons. The van der Waals surface area contributed by atoms with E-state index in [0.29, 0.717) is 19.8 Å². The molecule has 0 aliphatic rings. The molecule has 2 aromatic carbocycles. The standard InChI is InChI=1S/C19H19NO3/c1-2-22-15-7-9-16(10-8-15)23-14-13-20-12-11-19(21)17-5-3-4-6-18(17)20/h3-12H,2,13-14H2,1H3. The molecule has 0 aliphatic heterocycles. The average molecular weight is 309 g/mol. The number of hydrogen-bond donors (Lipinski definition) is 0. The molecule has 0 radical (unpaired) electrons. The van der Waals surface area contributed by atoms with Crippen LogP contribution in [0.15, 0.2) is 65.6 Å². The van der Waals surface area contributed by atoms with E-state index in [-0.39, 0.29) is 5.43 Å². The van der Waals surface area contributed by atoms with Gasteiger partial charge < -0.3 is 14.0 Å². The van der Waals surface area contributed by atoms with Crippen molar-refractivity contribution in [1.82, 2.24) is 4.57 Å². The van der Waals surface area contributed by atoms with Crippen molar-refractivity contribution in [1.29, 1.82) is 0 Å². The lowest BCUT2D eigenvalue weighted by molar-refractivity contribution is 0.298. The predicted molar refractivity (Wildman–Crippen MR) is 91.3 cm³/mol. The largest absolute Gasteiger partial charge is 0.494 e. The van der Waals surface area contributed by atoms with Gasteiger partial charge in [-0.3, -0.25) is 4.79 Å². The number of fused-ring (bicyclic) bond motifs is 1. The van der Waals surface area contributed by atoms with Crippen molar-refractivity contribution >= 4 is 10.9 Å². The van der Waals surface area contributed by atoms with Crippen molar-refractivity contribution in [2.75, 3.05) is 13.2 Å². The molecule has 0 saturated carbocycles. The molecule has 3 rings (SSSR count). The Morgan fingerprint density at radius 1 is 0.913 bits per heavy atom. The van der Waals surface area contributed by atoms with Crippen LogP contribution in [0.4, 0.5) is 0 Å². The Labute approximate surface area is 134 Å². The number of hydrogen-bond acceptors (Lipinski definition) is 3. The molecule has 0 amide bonds. The first-order chi connectivity index (χ1) is 11.3. The molecule has 0 saturated heterocycles. The molecule has 1 aromatic heterocycles. The van der Waals surface area contributed by atoms with Gasteiger partial charge >= 0.3 is 0 Å². The summed E-state index contributed by atoms with van der Waals surface area (Å²) in [6, 6.07) is 16.8. The van der Waals surface area contributed by atoms with Gasteiger partial charge in [-0.15, -0.1) is 0 Å². The van der Waals surface area contributed by atoms with E-state index in [0.717, 1.165) is 22.4 Å². The zero-order valence-electron chi connectivity index (χ0n) is 13.1. The third-order valence-corrected chi connectivity index (χ3v) is 3.62. The third-order valence-electron chi connectivity index (χ3n) is 3.62. The summed E-state index contributed by atoms with van der Waals surface area (Å²) >= 11 is 0. The first-order valence-electron chi connectivity index (χ1n) is 7.72. The van der Waals surface area contributed by atoms with Gasteiger partial charge in [0.05, 0.1) is 18.7 Å². The van der Waals surface area contributed by atoms with Crippen molar-refractivity contribution in [3.63, 3.8) is 0 Å². The minimum absolute atomic E-state index is 0.0456. The molecule has 0 atom stereocenters. The molecular formula is C19H19NO3. The Morgan fingerprint density at radius 2 is 1.61 bits per heavy atom. The van der Waals surface area contributed by atoms with Gasteiger partial charge in [-0.1, -0.05) is 12.1 Å². The fraction of sp³-hybridized carbons (Fsp3) is 0.211. The normalized spacial score (nSPS) is 10.7. The molecule has 0 aliphatic carbocycles. The summed E-state index contributed by atoms with van der Waals surface area (Å²) in [5.41, 5.74) is 0.972. The first-order valence-corrected chi connectivity index (χ1v) is 7.72. The minimum atomic E-state index is 0.0456. The van der Waals surface area contributed by atoms with Gasteiger partial charge in [-0.2, -0.15) is 0 Å². The number of benzene rings is 2. The second kappa shape index (κ2) is 7.01. The summed E-state index contributed by atoms with van der Waals surface area (Å²) in [7, 11) is 0. The fourth-order valence-corrected chi connectivity index (χ4v) is 2.52. The third kappa shape index (κ3) is 3.54. The zero-order chi connectivity index (χ0) is 16.1. The van der Waals surface area contributed by atoms with Crippen molar-refractivity contribution in [3.8, 4) is 11.5 Å². The van der Waals surface area contributed by atoms with Gasteiger partial charge in [-0.05, 0) is 43.3 Å². The number of nitrogens with zero attached hydrogens (tertiary/aromatic N) is 1. The van der Waals surface area contributed by atoms with E-state index in [1.807, 2.05) is 66.2 Å². The molecule has 23 heavy (non-hydrogen) atoms. The Hall–Kier alpha value is -2.75. The van der Waals surface area contributed by atoms with E-state index in [1.165, 1.54) is 0 Å². The Kier molecular flexibility index (Phi) is 4.62. The lowest BCUT2D eigenvalue weighted by Gasteiger charge is -2.12. The molecule has 0 unspecified atom stereocenters. The maximum absolute atomic E-state index is 11.9. The number of pyridine rings is 1. The maximum Gasteiger partial charge on any atom is 0.189 e. The van der Waals surface area contributed by atoms with Gasteiger partial charge in [0.15, 0.2) is 5.43 Å². The number of aromatic nitrogens is 1. The topological polar surface area (TPSA) is 40.5 Å². The molecule has 0 bridgehead atoms. The van der Waals surface area contributed by atoms with Crippen LogP contribution in [0.5, 0.6) is 11.5 Å². The number of ether oxygens (including phenoxy) is 2. The first kappa shape index (κ1) is 15.2. The molecule has 0 spiro atoms. The highest BCUT2D eigenvalue weighted by molar-refractivity contribution is 5.78. The second-order valence-electron chi connectivity index (χ2n) is 5.14. The quantitative estimate of drug-likeness (QED) is 0.700. The van der Waals surface area contributed by atoms with E-state index in [4.69, 9.17) is 9.47 Å². The van der Waals surface area contributed by atoms with Crippen molar-refractivity contribution in [3.05, 3.63) is 71.0 Å². The maximum atomic E-state index is 11.9. The highest BCUT2D eigenvalue weighted by atomic mass is 16.5. The number of para-hydroxylation sites is 1. The van der Waals surface area contributed by atoms with Crippen LogP contribution in [-0.4, -0.2) is 17.8 Å². The summed E-state index contributed by atoms with van der Waals surface area (Å²) in [4.78, 5) is 11.9. The van der Waals surface area contributed by atoms with Crippen molar-refractivity contribution in [2.24, 2.45) is 0 Å².